The Morgan fingerprint density at radius 2 is 1.66 bits per heavy atom. The van der Waals surface area contributed by atoms with E-state index in [2.05, 4.69) is 10.9 Å². The first-order valence-electron chi connectivity index (χ1n) is 9.87. The van der Waals surface area contributed by atoms with Crippen LogP contribution in [0.3, 0.4) is 0 Å². The van der Waals surface area contributed by atoms with Gasteiger partial charge in [-0.05, 0) is 42.0 Å². The summed E-state index contributed by atoms with van der Waals surface area (Å²) in [6.45, 7) is 4.11. The van der Waals surface area contributed by atoms with E-state index < -0.39 is 21.8 Å². The first-order valence-corrected chi connectivity index (χ1v) is 11.3. The van der Waals surface area contributed by atoms with Crippen LogP contribution in [-0.2, 0) is 14.8 Å². The van der Waals surface area contributed by atoms with E-state index in [1.54, 1.807) is 38.1 Å². The summed E-state index contributed by atoms with van der Waals surface area (Å²) >= 11 is 0. The molecule has 10 heteroatoms. The summed E-state index contributed by atoms with van der Waals surface area (Å²) < 4.78 is 37.0. The van der Waals surface area contributed by atoms with Crippen molar-refractivity contribution in [1.82, 2.24) is 15.2 Å². The molecule has 0 unspecified atom stereocenters. The van der Waals surface area contributed by atoms with Crippen LogP contribution in [0.15, 0.2) is 53.4 Å². The summed E-state index contributed by atoms with van der Waals surface area (Å²) in [5.74, 6) is -0.135. The summed E-state index contributed by atoms with van der Waals surface area (Å²) in [5, 5.41) is 0. The van der Waals surface area contributed by atoms with Crippen molar-refractivity contribution in [2.24, 2.45) is 0 Å². The fourth-order valence-corrected chi connectivity index (χ4v) is 4.38. The van der Waals surface area contributed by atoms with Crippen molar-refractivity contribution < 1.29 is 27.5 Å². The lowest BCUT2D eigenvalue weighted by Crippen LogP contribution is -2.40. The Morgan fingerprint density at radius 3 is 2.28 bits per heavy atom. The lowest BCUT2D eigenvalue weighted by Gasteiger charge is -2.18. The minimum Gasteiger partial charge on any atom is -0.493 e. The maximum atomic E-state index is 12.6. The van der Waals surface area contributed by atoms with E-state index in [9.17, 15) is 18.0 Å². The third-order valence-electron chi connectivity index (χ3n) is 4.57. The Morgan fingerprint density at radius 1 is 0.969 bits per heavy atom. The normalized spacial score (nSPS) is 11.4. The number of benzene rings is 2. The second-order valence-electron chi connectivity index (χ2n) is 6.51. The van der Waals surface area contributed by atoms with Gasteiger partial charge in [0.2, 0.25) is 10.0 Å². The first kappa shape index (κ1) is 24.9. The van der Waals surface area contributed by atoms with Crippen molar-refractivity contribution in [3.8, 4) is 11.5 Å². The van der Waals surface area contributed by atoms with Gasteiger partial charge >= 0.3 is 0 Å². The number of methoxy groups -OCH3 is 2. The number of nitrogens with one attached hydrogen (secondary N) is 2. The van der Waals surface area contributed by atoms with E-state index >= 15 is 0 Å². The molecule has 2 aromatic rings. The molecular weight excluding hydrogens is 434 g/mol. The highest BCUT2D eigenvalue weighted by atomic mass is 32.2. The van der Waals surface area contributed by atoms with Crippen LogP contribution in [0.1, 0.15) is 29.8 Å². The standard InChI is InChI=1S/C22H27N3O6S/c1-5-25(6-2)32(28,29)18-9-7-8-17(15-18)22(27)24-23-21(26)13-11-16-10-12-19(30-3)20(14-16)31-4/h7-15H,5-6H2,1-4H3,(H,23,26)(H,24,27)/b13-11+. The topological polar surface area (TPSA) is 114 Å². The number of carbonyl (C=O) groups is 2. The molecule has 0 aliphatic heterocycles. The highest BCUT2D eigenvalue weighted by Crippen LogP contribution is 2.27. The third kappa shape index (κ3) is 6.08. The molecule has 0 heterocycles. The molecule has 0 aromatic heterocycles. The van der Waals surface area contributed by atoms with Crippen LogP contribution in [0.25, 0.3) is 6.08 Å². The van der Waals surface area contributed by atoms with E-state index in [1.807, 2.05) is 0 Å². The molecule has 2 rings (SSSR count). The molecule has 0 saturated carbocycles. The van der Waals surface area contributed by atoms with Crippen molar-refractivity contribution in [1.29, 1.82) is 0 Å². The van der Waals surface area contributed by atoms with E-state index in [0.717, 1.165) is 0 Å². The summed E-state index contributed by atoms with van der Waals surface area (Å²) in [4.78, 5) is 24.4. The first-order chi connectivity index (χ1) is 15.3. The Hall–Kier alpha value is -3.37. The van der Waals surface area contributed by atoms with Gasteiger partial charge in [-0.25, -0.2) is 8.42 Å². The smallest absolute Gasteiger partial charge is 0.269 e. The second-order valence-corrected chi connectivity index (χ2v) is 8.45. The number of hydrogen-bond acceptors (Lipinski definition) is 6. The van der Waals surface area contributed by atoms with Crippen LogP contribution >= 0.6 is 0 Å². The minimum absolute atomic E-state index is 0.00789. The molecule has 0 spiro atoms. The monoisotopic (exact) mass is 461 g/mol. The molecule has 2 amide bonds. The van der Waals surface area contributed by atoms with Gasteiger partial charge in [-0.15, -0.1) is 0 Å². The van der Waals surface area contributed by atoms with Gasteiger partial charge < -0.3 is 9.47 Å². The van der Waals surface area contributed by atoms with Gasteiger partial charge in [-0.3, -0.25) is 20.4 Å². The summed E-state index contributed by atoms with van der Waals surface area (Å²) in [5.41, 5.74) is 5.33. The van der Waals surface area contributed by atoms with E-state index in [1.165, 1.54) is 48.9 Å². The highest BCUT2D eigenvalue weighted by Gasteiger charge is 2.22. The van der Waals surface area contributed by atoms with Crippen molar-refractivity contribution in [3.05, 3.63) is 59.7 Å². The van der Waals surface area contributed by atoms with E-state index in [-0.39, 0.29) is 10.5 Å². The number of nitrogens with zero attached hydrogens (tertiary/aromatic N) is 1. The van der Waals surface area contributed by atoms with Crippen molar-refractivity contribution in [3.63, 3.8) is 0 Å². The molecule has 9 nitrogen and oxygen atoms in total. The van der Waals surface area contributed by atoms with Crippen LogP contribution in [0.2, 0.25) is 0 Å². The Balaban J connectivity index is 2.04. The molecule has 2 N–H and O–H groups in total. The fraction of sp³-hybridized carbons (Fsp3) is 0.273. The Kier molecular flexibility index (Phi) is 8.80. The molecule has 172 valence electrons. The molecule has 32 heavy (non-hydrogen) atoms. The number of ether oxygens (including phenoxy) is 2. The van der Waals surface area contributed by atoms with Gasteiger partial charge in [-0.1, -0.05) is 26.0 Å². The quantitative estimate of drug-likeness (QED) is 0.437. The summed E-state index contributed by atoms with van der Waals surface area (Å²) in [7, 11) is -0.667. The van der Waals surface area contributed by atoms with Crippen LogP contribution in [0.5, 0.6) is 11.5 Å². The van der Waals surface area contributed by atoms with Crippen molar-refractivity contribution in [2.45, 2.75) is 18.7 Å². The lowest BCUT2D eigenvalue weighted by molar-refractivity contribution is -0.117. The Labute approximate surface area is 188 Å². The number of amides is 2. The average molecular weight is 462 g/mol. The van der Waals surface area contributed by atoms with E-state index in [4.69, 9.17) is 9.47 Å². The van der Waals surface area contributed by atoms with Gasteiger partial charge in [0.1, 0.15) is 0 Å². The highest BCUT2D eigenvalue weighted by molar-refractivity contribution is 7.89. The molecule has 0 bridgehead atoms. The summed E-state index contributed by atoms with van der Waals surface area (Å²) in [6, 6.07) is 10.8. The van der Waals surface area contributed by atoms with Crippen molar-refractivity contribution in [2.75, 3.05) is 27.3 Å². The van der Waals surface area contributed by atoms with Gasteiger partial charge in [-0.2, -0.15) is 4.31 Å². The number of sulfonamides is 1. The van der Waals surface area contributed by atoms with Crippen LogP contribution in [-0.4, -0.2) is 51.8 Å². The zero-order chi connectivity index (χ0) is 23.7. The fourth-order valence-electron chi connectivity index (χ4n) is 2.87. The molecule has 0 aliphatic rings. The zero-order valence-electron chi connectivity index (χ0n) is 18.4. The molecular formula is C22H27N3O6S. The molecule has 0 fully saturated rings. The molecule has 2 aromatic carbocycles. The Bertz CT molecular complexity index is 1090. The molecule has 0 saturated heterocycles. The van der Waals surface area contributed by atoms with Crippen LogP contribution in [0.4, 0.5) is 0 Å². The van der Waals surface area contributed by atoms with Crippen molar-refractivity contribution >= 4 is 27.9 Å². The molecule has 0 atom stereocenters. The van der Waals surface area contributed by atoms with E-state index in [0.29, 0.717) is 30.2 Å². The zero-order valence-corrected chi connectivity index (χ0v) is 19.2. The van der Waals surface area contributed by atoms with Gasteiger partial charge in [0.05, 0.1) is 19.1 Å². The molecule has 0 aliphatic carbocycles. The lowest BCUT2D eigenvalue weighted by atomic mass is 10.2. The SMILES string of the molecule is CCN(CC)S(=O)(=O)c1cccc(C(=O)NNC(=O)/C=C/c2ccc(OC)c(OC)c2)c1. The number of hydrazine groups is 1. The average Bonchev–Trinajstić information content (AvgIpc) is 2.81. The predicted molar refractivity (Wildman–Crippen MR) is 121 cm³/mol. The minimum atomic E-state index is -3.70. The number of carbonyl (C=O) groups excluding carboxylic acids is 2. The van der Waals surface area contributed by atoms with Gasteiger partial charge in [0, 0.05) is 24.7 Å². The maximum absolute atomic E-state index is 12.6. The third-order valence-corrected chi connectivity index (χ3v) is 6.62. The van der Waals surface area contributed by atoms with Crippen LogP contribution in [0, 0.1) is 0 Å². The maximum Gasteiger partial charge on any atom is 0.269 e. The van der Waals surface area contributed by atoms with Gasteiger partial charge in [0.15, 0.2) is 11.5 Å². The molecule has 0 radical (unpaired) electrons. The number of rotatable bonds is 9. The summed E-state index contributed by atoms with van der Waals surface area (Å²) in [6.07, 6.45) is 2.78. The van der Waals surface area contributed by atoms with Gasteiger partial charge in [0.25, 0.3) is 11.8 Å². The largest absolute Gasteiger partial charge is 0.493 e. The second kappa shape index (κ2) is 11.3. The van der Waals surface area contributed by atoms with Crippen LogP contribution < -0.4 is 20.3 Å². The number of hydrogen-bond donors (Lipinski definition) is 2. The predicted octanol–water partition coefficient (Wildman–Crippen LogP) is 2.21.